The van der Waals surface area contributed by atoms with Crippen molar-refractivity contribution in [3.05, 3.63) is 20.8 Å². The second kappa shape index (κ2) is 6.09. The summed E-state index contributed by atoms with van der Waals surface area (Å²) < 4.78 is 0. The quantitative estimate of drug-likeness (QED) is 0.627. The third-order valence-electron chi connectivity index (χ3n) is 2.34. The summed E-state index contributed by atoms with van der Waals surface area (Å²) in [6, 6.07) is 0.172. The number of hydrogen-bond donors (Lipinski definition) is 3. The normalized spacial score (nSPS) is 12.4. The second-order valence-electron chi connectivity index (χ2n) is 3.90. The van der Waals surface area contributed by atoms with Crippen molar-refractivity contribution in [2.45, 2.75) is 45.6 Å². The number of nitrogens with one attached hydrogen (secondary N) is 3. The summed E-state index contributed by atoms with van der Waals surface area (Å²) in [5.74, 6) is 0.170. The zero-order valence-corrected chi connectivity index (χ0v) is 9.67. The number of nitrogens with zero attached hydrogens (tertiary/aromatic N) is 1. The molecule has 0 aromatic carbocycles. The summed E-state index contributed by atoms with van der Waals surface area (Å²) in [6.07, 6.45) is 4.45. The highest BCUT2D eigenvalue weighted by atomic mass is 16.2. The van der Waals surface area contributed by atoms with Crippen LogP contribution >= 0.6 is 0 Å². The molecule has 6 heteroatoms. The van der Waals surface area contributed by atoms with E-state index in [-0.39, 0.29) is 11.9 Å². The SMILES string of the molecule is CCCCCC(C)Nc1n[nH]c(=O)[nH]c1=O. The van der Waals surface area contributed by atoms with E-state index in [0.717, 1.165) is 12.8 Å². The second-order valence-corrected chi connectivity index (χ2v) is 3.90. The van der Waals surface area contributed by atoms with Crippen molar-refractivity contribution in [1.82, 2.24) is 15.2 Å². The number of anilines is 1. The van der Waals surface area contributed by atoms with Gasteiger partial charge in [-0.3, -0.25) is 9.78 Å². The first-order valence-electron chi connectivity index (χ1n) is 5.59. The molecule has 0 aliphatic heterocycles. The molecule has 90 valence electrons. The molecule has 1 rings (SSSR count). The Kier molecular flexibility index (Phi) is 4.75. The van der Waals surface area contributed by atoms with E-state index in [1.54, 1.807) is 0 Å². The van der Waals surface area contributed by atoms with Crippen LogP contribution in [0.25, 0.3) is 0 Å². The fourth-order valence-electron chi connectivity index (χ4n) is 1.45. The molecule has 1 unspecified atom stereocenters. The first-order chi connectivity index (χ1) is 7.63. The number of aromatic nitrogens is 3. The molecule has 0 spiro atoms. The molecule has 16 heavy (non-hydrogen) atoms. The van der Waals surface area contributed by atoms with E-state index in [0.29, 0.717) is 0 Å². The maximum absolute atomic E-state index is 11.3. The van der Waals surface area contributed by atoms with Crippen LogP contribution in [0.3, 0.4) is 0 Å². The molecular formula is C10H18N4O2. The maximum atomic E-state index is 11.3. The fraction of sp³-hybridized carbons (Fsp3) is 0.700. The molecule has 1 aromatic rings. The Bertz CT molecular complexity index is 423. The average Bonchev–Trinajstić information content (AvgIpc) is 2.23. The first-order valence-corrected chi connectivity index (χ1v) is 5.59. The lowest BCUT2D eigenvalue weighted by Crippen LogP contribution is -2.29. The van der Waals surface area contributed by atoms with Gasteiger partial charge in [0.15, 0.2) is 0 Å². The topological polar surface area (TPSA) is 90.6 Å². The molecule has 0 bridgehead atoms. The number of aromatic amines is 2. The van der Waals surface area contributed by atoms with Crippen molar-refractivity contribution < 1.29 is 0 Å². The van der Waals surface area contributed by atoms with Crippen molar-refractivity contribution in [2.24, 2.45) is 0 Å². The van der Waals surface area contributed by atoms with E-state index in [2.05, 4.69) is 27.4 Å². The van der Waals surface area contributed by atoms with Crippen molar-refractivity contribution in [1.29, 1.82) is 0 Å². The van der Waals surface area contributed by atoms with Crippen molar-refractivity contribution in [3.8, 4) is 0 Å². The minimum atomic E-state index is -0.589. The number of rotatable bonds is 6. The monoisotopic (exact) mass is 226 g/mol. The molecule has 0 aliphatic carbocycles. The Balaban J connectivity index is 2.53. The van der Waals surface area contributed by atoms with E-state index in [1.165, 1.54) is 12.8 Å². The van der Waals surface area contributed by atoms with Crippen LogP contribution in [-0.2, 0) is 0 Å². The van der Waals surface area contributed by atoms with Gasteiger partial charge < -0.3 is 5.32 Å². The summed E-state index contributed by atoms with van der Waals surface area (Å²) in [4.78, 5) is 24.2. The first kappa shape index (κ1) is 12.5. The van der Waals surface area contributed by atoms with Gasteiger partial charge in [0.1, 0.15) is 0 Å². The smallest absolute Gasteiger partial charge is 0.342 e. The van der Waals surface area contributed by atoms with Crippen LogP contribution in [0.4, 0.5) is 5.82 Å². The minimum Gasteiger partial charge on any atom is -0.362 e. The van der Waals surface area contributed by atoms with Gasteiger partial charge in [-0.1, -0.05) is 26.2 Å². The minimum absolute atomic E-state index is 0.170. The Hall–Kier alpha value is -1.59. The van der Waals surface area contributed by atoms with Gasteiger partial charge >= 0.3 is 5.69 Å². The number of hydrogen-bond acceptors (Lipinski definition) is 4. The van der Waals surface area contributed by atoms with E-state index in [4.69, 9.17) is 0 Å². The van der Waals surface area contributed by atoms with E-state index in [1.807, 2.05) is 6.92 Å². The fourth-order valence-corrected chi connectivity index (χ4v) is 1.45. The van der Waals surface area contributed by atoms with Gasteiger partial charge in [-0.05, 0) is 13.3 Å². The van der Waals surface area contributed by atoms with Crippen LogP contribution in [-0.4, -0.2) is 21.2 Å². The highest BCUT2D eigenvalue weighted by molar-refractivity contribution is 5.29. The third kappa shape index (κ3) is 3.88. The molecule has 0 saturated carbocycles. The molecule has 0 saturated heterocycles. The lowest BCUT2D eigenvalue weighted by Gasteiger charge is -2.12. The van der Waals surface area contributed by atoms with Crippen LogP contribution in [0.1, 0.15) is 39.5 Å². The molecule has 1 aromatic heterocycles. The molecule has 6 nitrogen and oxygen atoms in total. The summed E-state index contributed by atoms with van der Waals surface area (Å²) in [7, 11) is 0. The molecule has 0 radical (unpaired) electrons. The predicted octanol–water partition coefficient (Wildman–Crippen LogP) is 0.839. The summed E-state index contributed by atoms with van der Waals surface area (Å²) >= 11 is 0. The Labute approximate surface area is 93.5 Å². The van der Waals surface area contributed by atoms with Crippen molar-refractivity contribution >= 4 is 5.82 Å². The third-order valence-corrected chi connectivity index (χ3v) is 2.34. The zero-order chi connectivity index (χ0) is 12.0. The largest absolute Gasteiger partial charge is 0.362 e. The van der Waals surface area contributed by atoms with Gasteiger partial charge in [0.05, 0.1) is 0 Å². The molecule has 0 amide bonds. The summed E-state index contributed by atoms with van der Waals surface area (Å²) in [5, 5.41) is 8.81. The highest BCUT2D eigenvalue weighted by Gasteiger charge is 2.06. The Morgan fingerprint density at radius 1 is 1.38 bits per heavy atom. The zero-order valence-electron chi connectivity index (χ0n) is 9.67. The van der Waals surface area contributed by atoms with Gasteiger partial charge in [-0.25, -0.2) is 9.89 Å². The van der Waals surface area contributed by atoms with Crippen LogP contribution in [0.5, 0.6) is 0 Å². The lowest BCUT2D eigenvalue weighted by molar-refractivity contribution is 0.611. The van der Waals surface area contributed by atoms with Gasteiger partial charge in [0.25, 0.3) is 5.56 Å². The Morgan fingerprint density at radius 2 is 2.12 bits per heavy atom. The van der Waals surface area contributed by atoms with Gasteiger partial charge in [0, 0.05) is 6.04 Å². The molecule has 1 atom stereocenters. The average molecular weight is 226 g/mol. The van der Waals surface area contributed by atoms with Crippen LogP contribution in [0, 0.1) is 0 Å². The highest BCUT2D eigenvalue weighted by Crippen LogP contribution is 2.05. The van der Waals surface area contributed by atoms with Gasteiger partial charge in [-0.15, -0.1) is 5.10 Å². The maximum Gasteiger partial charge on any atom is 0.342 e. The van der Waals surface area contributed by atoms with Crippen LogP contribution in [0.15, 0.2) is 9.59 Å². The van der Waals surface area contributed by atoms with E-state index in [9.17, 15) is 9.59 Å². The van der Waals surface area contributed by atoms with E-state index >= 15 is 0 Å². The van der Waals surface area contributed by atoms with Crippen molar-refractivity contribution in [3.63, 3.8) is 0 Å². The molecular weight excluding hydrogens is 208 g/mol. The van der Waals surface area contributed by atoms with Crippen LogP contribution in [0.2, 0.25) is 0 Å². The predicted molar refractivity (Wildman–Crippen MR) is 62.7 cm³/mol. The van der Waals surface area contributed by atoms with Crippen LogP contribution < -0.4 is 16.6 Å². The number of unbranched alkanes of at least 4 members (excludes halogenated alkanes) is 2. The van der Waals surface area contributed by atoms with Gasteiger partial charge in [-0.2, -0.15) is 0 Å². The standard InChI is InChI=1S/C10H18N4O2/c1-3-4-5-6-7(2)11-8-9(15)12-10(16)14-13-8/h7H,3-6H2,1-2H3,(H,11,13)(H2,12,14,15,16). The molecule has 3 N–H and O–H groups in total. The van der Waals surface area contributed by atoms with Gasteiger partial charge in [0.2, 0.25) is 5.82 Å². The molecule has 0 aliphatic rings. The van der Waals surface area contributed by atoms with Crippen molar-refractivity contribution in [2.75, 3.05) is 5.32 Å². The molecule has 1 heterocycles. The summed E-state index contributed by atoms with van der Waals surface area (Å²) in [5.41, 5.74) is -1.07. The van der Waals surface area contributed by atoms with E-state index < -0.39 is 11.2 Å². The summed E-state index contributed by atoms with van der Waals surface area (Å²) in [6.45, 7) is 4.13. The lowest BCUT2D eigenvalue weighted by atomic mass is 10.1. The molecule has 0 fully saturated rings. The number of H-pyrrole nitrogens is 2. The Morgan fingerprint density at radius 3 is 2.75 bits per heavy atom.